The van der Waals surface area contributed by atoms with Crippen LogP contribution in [0.1, 0.15) is 22.6 Å². The molecule has 2 heterocycles. The molecule has 28 heavy (non-hydrogen) atoms. The molecule has 6 nitrogen and oxygen atoms in total. The third-order valence-electron chi connectivity index (χ3n) is 5.03. The number of hydrogen-bond acceptors (Lipinski definition) is 4. The number of para-hydroxylation sites is 2. The number of fused-ring (bicyclic) bond motifs is 1. The van der Waals surface area contributed by atoms with Crippen LogP contribution in [0.2, 0.25) is 0 Å². The van der Waals surface area contributed by atoms with Crippen LogP contribution in [0.25, 0.3) is 16.7 Å². The molecule has 0 unspecified atom stereocenters. The molecule has 0 aliphatic heterocycles. The number of hydrogen-bond donors (Lipinski definition) is 0. The van der Waals surface area contributed by atoms with E-state index in [1.807, 2.05) is 80.2 Å². The lowest BCUT2D eigenvalue weighted by molar-refractivity contribution is -0.129. The Labute approximate surface area is 163 Å². The third kappa shape index (κ3) is 3.29. The molecule has 0 spiro atoms. The number of aryl methyl sites for hydroxylation is 1. The number of rotatable bonds is 5. The number of nitrogens with zero attached hydrogens (tertiary/aromatic N) is 4. The average Bonchev–Trinajstić information content (AvgIpc) is 3.24. The lowest BCUT2D eigenvalue weighted by Crippen LogP contribution is -2.28. The second-order valence-corrected chi connectivity index (χ2v) is 6.95. The summed E-state index contributed by atoms with van der Waals surface area (Å²) in [5, 5.41) is 9.61. The lowest BCUT2D eigenvalue weighted by atomic mass is 10.1. The quantitative estimate of drug-likeness (QED) is 0.533. The van der Waals surface area contributed by atoms with Crippen molar-refractivity contribution in [2.75, 3.05) is 7.05 Å². The highest BCUT2D eigenvalue weighted by molar-refractivity contribution is 5.86. The molecule has 1 amide bonds. The molecular weight excluding hydrogens is 352 g/mol. The molecule has 4 rings (SSSR count). The van der Waals surface area contributed by atoms with Crippen molar-refractivity contribution in [3.63, 3.8) is 0 Å². The van der Waals surface area contributed by atoms with Crippen molar-refractivity contribution in [3.05, 3.63) is 77.2 Å². The molecule has 4 aromatic rings. The van der Waals surface area contributed by atoms with E-state index < -0.39 is 0 Å². The summed E-state index contributed by atoms with van der Waals surface area (Å²) in [5.74, 6) is -0.00897. The van der Waals surface area contributed by atoms with Gasteiger partial charge in [-0.25, -0.2) is 4.68 Å². The van der Waals surface area contributed by atoms with Gasteiger partial charge in [0, 0.05) is 30.2 Å². The molecule has 0 atom stereocenters. The van der Waals surface area contributed by atoms with E-state index in [9.17, 15) is 4.79 Å². The first kappa shape index (κ1) is 18.0. The summed E-state index contributed by atoms with van der Waals surface area (Å²) in [7, 11) is 1.81. The van der Waals surface area contributed by atoms with E-state index in [4.69, 9.17) is 4.52 Å². The van der Waals surface area contributed by atoms with Crippen LogP contribution >= 0.6 is 0 Å². The summed E-state index contributed by atoms with van der Waals surface area (Å²) in [6, 6.07) is 17.6. The minimum absolute atomic E-state index is 0.00897. The Kier molecular flexibility index (Phi) is 4.69. The summed E-state index contributed by atoms with van der Waals surface area (Å²) in [4.78, 5) is 14.5. The number of benzene rings is 2. The van der Waals surface area contributed by atoms with Crippen molar-refractivity contribution in [2.24, 2.45) is 0 Å². The Bertz CT molecular complexity index is 1130. The van der Waals surface area contributed by atoms with Gasteiger partial charge >= 0.3 is 0 Å². The fraction of sp³-hybridized carbons (Fsp3) is 0.227. The van der Waals surface area contributed by atoms with Gasteiger partial charge in [0.05, 0.1) is 17.8 Å². The van der Waals surface area contributed by atoms with Crippen molar-refractivity contribution in [2.45, 2.75) is 26.8 Å². The molecule has 0 fully saturated rings. The Morgan fingerprint density at radius 2 is 1.79 bits per heavy atom. The van der Waals surface area contributed by atoms with Crippen molar-refractivity contribution in [1.29, 1.82) is 0 Å². The maximum atomic E-state index is 12.8. The molecular formula is C22H22N4O2. The predicted molar refractivity (Wildman–Crippen MR) is 107 cm³/mol. The molecule has 0 aliphatic rings. The minimum Gasteiger partial charge on any atom is -0.356 e. The van der Waals surface area contributed by atoms with Crippen molar-refractivity contribution in [1.82, 2.24) is 19.8 Å². The highest BCUT2D eigenvalue weighted by atomic mass is 16.5. The maximum absolute atomic E-state index is 12.8. The summed E-state index contributed by atoms with van der Waals surface area (Å²) < 4.78 is 7.23. The molecule has 142 valence electrons. The number of likely N-dealkylation sites (N-methyl/N-ethyl adjacent to an activating group) is 1. The van der Waals surface area contributed by atoms with Gasteiger partial charge in [0.1, 0.15) is 5.69 Å². The number of carbonyl (C=O) groups excluding carboxylic acids is 1. The van der Waals surface area contributed by atoms with Gasteiger partial charge in [0.15, 0.2) is 5.58 Å². The first-order chi connectivity index (χ1) is 13.5. The smallest absolute Gasteiger partial charge is 0.228 e. The van der Waals surface area contributed by atoms with E-state index in [1.165, 1.54) is 0 Å². The Morgan fingerprint density at radius 3 is 2.57 bits per heavy atom. The van der Waals surface area contributed by atoms with E-state index in [0.29, 0.717) is 17.8 Å². The zero-order valence-electron chi connectivity index (χ0n) is 16.2. The van der Waals surface area contributed by atoms with Gasteiger partial charge in [-0.15, -0.1) is 0 Å². The molecule has 0 bridgehead atoms. The molecule has 2 aromatic carbocycles. The first-order valence-electron chi connectivity index (χ1n) is 9.22. The highest BCUT2D eigenvalue weighted by Crippen LogP contribution is 2.21. The van der Waals surface area contributed by atoms with Gasteiger partial charge in [-0.1, -0.05) is 35.5 Å². The van der Waals surface area contributed by atoms with E-state index in [-0.39, 0.29) is 12.3 Å². The van der Waals surface area contributed by atoms with Crippen LogP contribution < -0.4 is 0 Å². The number of amides is 1. The standard InChI is InChI=1S/C22H22N4O2/c1-15-19(16(2)26(23-15)17-9-5-4-6-10-17)14-25(3)22(27)13-20-18-11-7-8-12-21(18)28-24-20/h4-12H,13-14H2,1-3H3. The molecule has 0 radical (unpaired) electrons. The fourth-order valence-corrected chi connectivity index (χ4v) is 3.39. The van der Waals surface area contributed by atoms with Gasteiger partial charge in [0.2, 0.25) is 5.91 Å². The van der Waals surface area contributed by atoms with E-state index >= 15 is 0 Å². The molecule has 0 saturated carbocycles. The Morgan fingerprint density at radius 1 is 1.07 bits per heavy atom. The first-order valence-corrected chi connectivity index (χ1v) is 9.22. The van der Waals surface area contributed by atoms with Crippen LogP contribution in [0.3, 0.4) is 0 Å². The fourth-order valence-electron chi connectivity index (χ4n) is 3.39. The second-order valence-electron chi connectivity index (χ2n) is 6.95. The van der Waals surface area contributed by atoms with Crippen LogP contribution in [0.15, 0.2) is 59.1 Å². The summed E-state index contributed by atoms with van der Waals surface area (Å²) in [6.07, 6.45) is 0.207. The Hall–Kier alpha value is -3.41. The van der Waals surface area contributed by atoms with Crippen LogP contribution in [0.5, 0.6) is 0 Å². The normalized spacial score (nSPS) is 11.1. The topological polar surface area (TPSA) is 64.2 Å². The number of aromatic nitrogens is 3. The molecule has 6 heteroatoms. The Balaban J connectivity index is 1.53. The minimum atomic E-state index is -0.00897. The van der Waals surface area contributed by atoms with E-state index in [0.717, 1.165) is 28.0 Å². The molecule has 2 aromatic heterocycles. The van der Waals surface area contributed by atoms with E-state index in [2.05, 4.69) is 10.3 Å². The van der Waals surface area contributed by atoms with Crippen LogP contribution in [-0.2, 0) is 17.8 Å². The van der Waals surface area contributed by atoms with Crippen molar-refractivity contribution < 1.29 is 9.32 Å². The zero-order valence-corrected chi connectivity index (χ0v) is 16.2. The van der Waals surface area contributed by atoms with Gasteiger partial charge in [-0.2, -0.15) is 5.10 Å². The lowest BCUT2D eigenvalue weighted by Gasteiger charge is -2.17. The molecule has 0 aliphatic carbocycles. The summed E-state index contributed by atoms with van der Waals surface area (Å²) >= 11 is 0. The van der Waals surface area contributed by atoms with Gasteiger partial charge in [0.25, 0.3) is 0 Å². The van der Waals surface area contributed by atoms with Crippen LogP contribution in [0.4, 0.5) is 0 Å². The van der Waals surface area contributed by atoms with Crippen molar-refractivity contribution >= 4 is 16.9 Å². The van der Waals surface area contributed by atoms with E-state index in [1.54, 1.807) is 4.90 Å². The predicted octanol–water partition coefficient (Wildman–Crippen LogP) is 3.83. The van der Waals surface area contributed by atoms with Gasteiger partial charge in [-0.05, 0) is 38.1 Å². The largest absolute Gasteiger partial charge is 0.356 e. The summed E-state index contributed by atoms with van der Waals surface area (Å²) in [6.45, 7) is 4.51. The molecule has 0 saturated heterocycles. The van der Waals surface area contributed by atoms with Gasteiger partial charge < -0.3 is 9.42 Å². The number of carbonyl (C=O) groups is 1. The monoisotopic (exact) mass is 374 g/mol. The average molecular weight is 374 g/mol. The zero-order chi connectivity index (χ0) is 19.7. The highest BCUT2D eigenvalue weighted by Gasteiger charge is 2.19. The molecule has 0 N–H and O–H groups in total. The van der Waals surface area contributed by atoms with Gasteiger partial charge in [-0.3, -0.25) is 4.79 Å². The summed E-state index contributed by atoms with van der Waals surface area (Å²) in [5.41, 5.74) is 5.40. The SMILES string of the molecule is Cc1nn(-c2ccccc2)c(C)c1CN(C)C(=O)Cc1noc2ccccc12. The third-order valence-corrected chi connectivity index (χ3v) is 5.03. The second kappa shape index (κ2) is 7.31. The van der Waals surface area contributed by atoms with Crippen LogP contribution in [0, 0.1) is 13.8 Å². The van der Waals surface area contributed by atoms with Crippen LogP contribution in [-0.4, -0.2) is 32.8 Å². The van der Waals surface area contributed by atoms with Crippen molar-refractivity contribution in [3.8, 4) is 5.69 Å². The maximum Gasteiger partial charge on any atom is 0.228 e.